The number of hydrogen-bond donors (Lipinski definition) is 1. The van der Waals surface area contributed by atoms with Crippen molar-refractivity contribution in [3.63, 3.8) is 0 Å². The summed E-state index contributed by atoms with van der Waals surface area (Å²) < 4.78 is 1.69. The van der Waals surface area contributed by atoms with Crippen LogP contribution >= 0.6 is 11.6 Å². The van der Waals surface area contributed by atoms with Gasteiger partial charge in [-0.2, -0.15) is 0 Å². The lowest BCUT2D eigenvalue weighted by Gasteiger charge is -2.07. The molecule has 0 fully saturated rings. The fourth-order valence-electron chi connectivity index (χ4n) is 2.27. The van der Waals surface area contributed by atoms with Crippen molar-refractivity contribution in [2.75, 3.05) is 6.54 Å². The van der Waals surface area contributed by atoms with E-state index in [4.69, 9.17) is 11.6 Å². The van der Waals surface area contributed by atoms with E-state index in [2.05, 4.69) is 22.6 Å². The van der Waals surface area contributed by atoms with Crippen LogP contribution in [0.4, 0.5) is 0 Å². The minimum Gasteiger partial charge on any atom is -0.350 e. The van der Waals surface area contributed by atoms with E-state index in [1.807, 2.05) is 37.3 Å². The Morgan fingerprint density at radius 2 is 2.26 bits per heavy atom. The molecule has 0 bridgehead atoms. The maximum Gasteiger partial charge on any atom is 0.273 e. The molecule has 23 heavy (non-hydrogen) atoms. The zero-order chi connectivity index (χ0) is 16.7. The van der Waals surface area contributed by atoms with E-state index in [0.717, 1.165) is 30.6 Å². The summed E-state index contributed by atoms with van der Waals surface area (Å²) in [4.78, 5) is 12.3. The molecule has 0 saturated heterocycles. The number of nitrogens with one attached hydrogen (secondary N) is 1. The molecule has 1 aromatic carbocycles. The van der Waals surface area contributed by atoms with Gasteiger partial charge in [-0.05, 0) is 38.0 Å². The number of amides is 1. The van der Waals surface area contributed by atoms with Crippen LogP contribution in [-0.4, -0.2) is 27.4 Å². The average Bonchev–Trinajstić information content (AvgIpc) is 2.95. The number of benzene rings is 1. The summed E-state index contributed by atoms with van der Waals surface area (Å²) in [6, 6.07) is 7.36. The Morgan fingerprint density at radius 1 is 1.43 bits per heavy atom. The van der Waals surface area contributed by atoms with Crippen molar-refractivity contribution < 1.29 is 4.79 Å². The van der Waals surface area contributed by atoms with Crippen LogP contribution in [0.5, 0.6) is 0 Å². The van der Waals surface area contributed by atoms with Crippen LogP contribution < -0.4 is 5.32 Å². The fourth-order valence-corrected chi connectivity index (χ4v) is 2.46. The predicted molar refractivity (Wildman–Crippen MR) is 92.1 cm³/mol. The largest absolute Gasteiger partial charge is 0.350 e. The Morgan fingerprint density at radius 3 is 2.96 bits per heavy atom. The molecule has 1 heterocycles. The van der Waals surface area contributed by atoms with Gasteiger partial charge in [0, 0.05) is 11.6 Å². The quantitative estimate of drug-likeness (QED) is 0.623. The highest BCUT2D eigenvalue weighted by Crippen LogP contribution is 2.18. The second-order valence-electron chi connectivity index (χ2n) is 5.14. The van der Waals surface area contributed by atoms with Crippen LogP contribution in [0.1, 0.15) is 42.9 Å². The second-order valence-corrected chi connectivity index (χ2v) is 5.58. The molecular weight excluding hydrogens is 312 g/mol. The van der Waals surface area contributed by atoms with Crippen LogP contribution in [-0.2, 0) is 6.42 Å². The van der Waals surface area contributed by atoms with Crippen LogP contribution in [0.2, 0.25) is 5.02 Å². The second kappa shape index (κ2) is 8.48. The molecule has 6 heteroatoms. The number of allylic oxidation sites excluding steroid dienone is 1. The van der Waals surface area contributed by atoms with Gasteiger partial charge in [-0.1, -0.05) is 48.4 Å². The van der Waals surface area contributed by atoms with Crippen molar-refractivity contribution in [1.29, 1.82) is 0 Å². The van der Waals surface area contributed by atoms with Crippen molar-refractivity contribution in [2.45, 2.75) is 33.1 Å². The lowest BCUT2D eigenvalue weighted by Crippen LogP contribution is -2.25. The summed E-state index contributed by atoms with van der Waals surface area (Å²) in [5.41, 5.74) is 1.99. The molecule has 1 aromatic heterocycles. The molecule has 2 aromatic rings. The molecule has 0 unspecified atom stereocenters. The zero-order valence-corrected chi connectivity index (χ0v) is 14.2. The van der Waals surface area contributed by atoms with Gasteiger partial charge in [-0.3, -0.25) is 4.79 Å². The third-order valence-electron chi connectivity index (χ3n) is 3.35. The molecule has 0 saturated carbocycles. The van der Waals surface area contributed by atoms with Crippen molar-refractivity contribution >= 4 is 17.5 Å². The number of carbonyl (C=O) groups excluding carboxylic acids is 1. The normalized spacial score (nSPS) is 11.1. The SMILES string of the molecule is C/C=C/CCNC(=O)c1nnn(-c2cccc(Cl)c2)c1CCC. The van der Waals surface area contributed by atoms with E-state index in [0.29, 0.717) is 17.3 Å². The molecule has 0 atom stereocenters. The summed E-state index contributed by atoms with van der Waals surface area (Å²) in [7, 11) is 0. The van der Waals surface area contributed by atoms with Crippen molar-refractivity contribution in [2.24, 2.45) is 0 Å². The van der Waals surface area contributed by atoms with Crippen LogP contribution in [0.25, 0.3) is 5.69 Å². The van der Waals surface area contributed by atoms with Gasteiger partial charge in [0.25, 0.3) is 5.91 Å². The molecule has 0 spiro atoms. The third kappa shape index (κ3) is 4.42. The van der Waals surface area contributed by atoms with Gasteiger partial charge in [0.1, 0.15) is 0 Å². The number of aromatic nitrogens is 3. The van der Waals surface area contributed by atoms with Gasteiger partial charge in [-0.15, -0.1) is 5.10 Å². The van der Waals surface area contributed by atoms with Gasteiger partial charge < -0.3 is 5.32 Å². The van der Waals surface area contributed by atoms with E-state index in [1.54, 1.807) is 10.7 Å². The highest BCUT2D eigenvalue weighted by Gasteiger charge is 2.19. The van der Waals surface area contributed by atoms with Gasteiger partial charge in [0.05, 0.1) is 11.4 Å². The molecular formula is C17H21ClN4O. The minimum atomic E-state index is -0.189. The number of rotatable bonds is 7. The molecule has 2 rings (SSSR count). The minimum absolute atomic E-state index is 0.189. The fraction of sp³-hybridized carbons (Fsp3) is 0.353. The first-order valence-electron chi connectivity index (χ1n) is 7.77. The summed E-state index contributed by atoms with van der Waals surface area (Å²) in [6.07, 6.45) is 6.39. The lowest BCUT2D eigenvalue weighted by atomic mass is 10.2. The summed E-state index contributed by atoms with van der Waals surface area (Å²) in [6.45, 7) is 4.60. The lowest BCUT2D eigenvalue weighted by molar-refractivity contribution is 0.0948. The Labute approximate surface area is 141 Å². The molecule has 0 aliphatic carbocycles. The van der Waals surface area contributed by atoms with Crippen molar-refractivity contribution in [1.82, 2.24) is 20.3 Å². The molecule has 122 valence electrons. The first kappa shape index (κ1) is 17.2. The van der Waals surface area contributed by atoms with Gasteiger partial charge in [0.2, 0.25) is 0 Å². The van der Waals surface area contributed by atoms with E-state index >= 15 is 0 Å². The number of nitrogens with zero attached hydrogens (tertiary/aromatic N) is 3. The Bertz CT molecular complexity index is 694. The Hall–Kier alpha value is -2.14. The van der Waals surface area contributed by atoms with Crippen molar-refractivity contribution in [3.8, 4) is 5.69 Å². The number of carbonyl (C=O) groups is 1. The van der Waals surface area contributed by atoms with Gasteiger partial charge in [0.15, 0.2) is 5.69 Å². The smallest absolute Gasteiger partial charge is 0.273 e. The monoisotopic (exact) mass is 332 g/mol. The van der Waals surface area contributed by atoms with Crippen LogP contribution in [0.15, 0.2) is 36.4 Å². The van der Waals surface area contributed by atoms with Crippen molar-refractivity contribution in [3.05, 3.63) is 52.8 Å². The highest BCUT2D eigenvalue weighted by atomic mass is 35.5. The molecule has 1 amide bonds. The first-order chi connectivity index (χ1) is 11.2. The Kier molecular flexibility index (Phi) is 6.35. The third-order valence-corrected chi connectivity index (χ3v) is 3.59. The maximum atomic E-state index is 12.3. The van der Waals surface area contributed by atoms with Crippen LogP contribution in [0, 0.1) is 0 Å². The van der Waals surface area contributed by atoms with E-state index in [-0.39, 0.29) is 5.91 Å². The summed E-state index contributed by atoms with van der Waals surface area (Å²) >= 11 is 6.04. The highest BCUT2D eigenvalue weighted by molar-refractivity contribution is 6.30. The van der Waals surface area contributed by atoms with Gasteiger partial charge >= 0.3 is 0 Å². The molecule has 5 nitrogen and oxygen atoms in total. The molecule has 0 aliphatic heterocycles. The topological polar surface area (TPSA) is 59.8 Å². The number of hydrogen-bond acceptors (Lipinski definition) is 3. The summed E-state index contributed by atoms with van der Waals surface area (Å²) in [5.74, 6) is -0.189. The predicted octanol–water partition coefficient (Wildman–Crippen LogP) is 3.57. The maximum absolute atomic E-state index is 12.3. The summed E-state index contributed by atoms with van der Waals surface area (Å²) in [5, 5.41) is 11.7. The van der Waals surface area contributed by atoms with E-state index in [1.165, 1.54) is 0 Å². The van der Waals surface area contributed by atoms with E-state index < -0.39 is 0 Å². The molecule has 0 aliphatic rings. The molecule has 1 N–H and O–H groups in total. The van der Waals surface area contributed by atoms with Crippen LogP contribution in [0.3, 0.4) is 0 Å². The first-order valence-corrected chi connectivity index (χ1v) is 8.15. The zero-order valence-electron chi connectivity index (χ0n) is 13.4. The van der Waals surface area contributed by atoms with Gasteiger partial charge in [-0.25, -0.2) is 4.68 Å². The Balaban J connectivity index is 2.25. The average molecular weight is 333 g/mol. The van der Waals surface area contributed by atoms with E-state index in [9.17, 15) is 4.79 Å². The standard InChI is InChI=1S/C17H21ClN4O/c1-3-5-6-11-19-17(23)16-15(8-4-2)22(21-20-16)14-10-7-9-13(18)12-14/h3,5,7,9-10,12H,4,6,8,11H2,1-2H3,(H,19,23)/b5-3+. The number of halogens is 1. The molecule has 0 radical (unpaired) electrons.